The maximum Gasteiger partial charge on any atom is 0.247 e. The van der Waals surface area contributed by atoms with E-state index in [1.807, 2.05) is 30.3 Å². The number of nitrogens with one attached hydrogen (secondary N) is 2. The van der Waals surface area contributed by atoms with Crippen LogP contribution in [0.3, 0.4) is 0 Å². The molecule has 2 N–H and O–H groups in total. The number of amides is 1. The normalized spacial score (nSPS) is 16.6. The van der Waals surface area contributed by atoms with Crippen molar-refractivity contribution >= 4 is 11.7 Å². The van der Waals surface area contributed by atoms with Gasteiger partial charge in [-0.25, -0.2) is 0 Å². The number of hydrogen-bond acceptors (Lipinski definition) is 4. The minimum Gasteiger partial charge on any atom is -0.360 e. The molecule has 22 heavy (non-hydrogen) atoms. The van der Waals surface area contributed by atoms with Crippen LogP contribution in [0.2, 0.25) is 0 Å². The lowest BCUT2D eigenvalue weighted by Crippen LogP contribution is -2.38. The fourth-order valence-electron chi connectivity index (χ4n) is 2.92. The number of anilines is 1. The first-order chi connectivity index (χ1) is 10.7. The molecule has 3 rings (SSSR count). The van der Waals surface area contributed by atoms with Crippen LogP contribution < -0.4 is 10.6 Å². The standard InChI is InChI=1S/C17H21N3O2/c1-12-11-15(20-22-12)19-17(21)16(13-7-3-2-4-8-13)18-14-9-5-6-10-14/h2-4,7-8,11,14,16,18H,5-6,9-10H2,1H3,(H,19,20,21)/t16-/m1/s1. The summed E-state index contributed by atoms with van der Waals surface area (Å²) in [5, 5.41) is 10.1. The molecular formula is C17H21N3O2. The van der Waals surface area contributed by atoms with E-state index in [1.54, 1.807) is 13.0 Å². The van der Waals surface area contributed by atoms with Gasteiger partial charge in [-0.05, 0) is 25.3 Å². The van der Waals surface area contributed by atoms with E-state index in [0.29, 0.717) is 17.6 Å². The van der Waals surface area contributed by atoms with Gasteiger partial charge in [-0.2, -0.15) is 0 Å². The zero-order chi connectivity index (χ0) is 15.4. The second kappa shape index (κ2) is 6.75. The molecule has 0 radical (unpaired) electrons. The van der Waals surface area contributed by atoms with Crippen molar-refractivity contribution in [3.63, 3.8) is 0 Å². The van der Waals surface area contributed by atoms with E-state index < -0.39 is 0 Å². The van der Waals surface area contributed by atoms with E-state index in [0.717, 1.165) is 18.4 Å². The van der Waals surface area contributed by atoms with Crippen LogP contribution in [-0.4, -0.2) is 17.1 Å². The van der Waals surface area contributed by atoms with Gasteiger partial charge in [0.2, 0.25) is 5.91 Å². The van der Waals surface area contributed by atoms with Crippen molar-refractivity contribution in [3.8, 4) is 0 Å². The van der Waals surface area contributed by atoms with Crippen LogP contribution in [0.1, 0.15) is 43.0 Å². The Morgan fingerprint density at radius 1 is 1.27 bits per heavy atom. The maximum absolute atomic E-state index is 12.7. The van der Waals surface area contributed by atoms with Crippen LogP contribution in [0.15, 0.2) is 40.9 Å². The fourth-order valence-corrected chi connectivity index (χ4v) is 2.92. The van der Waals surface area contributed by atoms with Gasteiger partial charge in [0.15, 0.2) is 5.82 Å². The van der Waals surface area contributed by atoms with E-state index in [2.05, 4.69) is 15.8 Å². The van der Waals surface area contributed by atoms with Gasteiger partial charge < -0.3 is 9.84 Å². The van der Waals surface area contributed by atoms with E-state index in [-0.39, 0.29) is 11.9 Å². The highest BCUT2D eigenvalue weighted by atomic mass is 16.5. The highest BCUT2D eigenvalue weighted by Gasteiger charge is 2.26. The molecule has 1 atom stereocenters. The Morgan fingerprint density at radius 3 is 2.64 bits per heavy atom. The van der Waals surface area contributed by atoms with Crippen molar-refractivity contribution in [3.05, 3.63) is 47.7 Å². The summed E-state index contributed by atoms with van der Waals surface area (Å²) in [6, 6.07) is 11.5. The summed E-state index contributed by atoms with van der Waals surface area (Å²) in [7, 11) is 0. The third kappa shape index (κ3) is 3.54. The number of carbonyl (C=O) groups excluding carboxylic acids is 1. The van der Waals surface area contributed by atoms with Gasteiger partial charge in [0, 0.05) is 12.1 Å². The second-order valence-corrected chi connectivity index (χ2v) is 5.80. The molecule has 116 valence electrons. The first kappa shape index (κ1) is 14.8. The zero-order valence-electron chi connectivity index (χ0n) is 12.7. The number of benzene rings is 1. The van der Waals surface area contributed by atoms with Gasteiger partial charge in [0.25, 0.3) is 0 Å². The molecular weight excluding hydrogens is 278 g/mol. The van der Waals surface area contributed by atoms with Gasteiger partial charge in [-0.1, -0.05) is 48.3 Å². The first-order valence-electron chi connectivity index (χ1n) is 7.77. The zero-order valence-corrected chi connectivity index (χ0v) is 12.7. The molecule has 0 unspecified atom stereocenters. The van der Waals surface area contributed by atoms with E-state index in [9.17, 15) is 4.79 Å². The van der Waals surface area contributed by atoms with Crippen molar-refractivity contribution in [1.29, 1.82) is 0 Å². The van der Waals surface area contributed by atoms with Crippen molar-refractivity contribution in [2.24, 2.45) is 0 Å². The Morgan fingerprint density at radius 2 is 2.00 bits per heavy atom. The highest BCUT2D eigenvalue weighted by molar-refractivity contribution is 5.94. The summed E-state index contributed by atoms with van der Waals surface area (Å²) >= 11 is 0. The molecule has 1 aliphatic rings. The van der Waals surface area contributed by atoms with Crippen molar-refractivity contribution in [1.82, 2.24) is 10.5 Å². The lowest BCUT2D eigenvalue weighted by atomic mass is 10.0. The number of hydrogen-bond donors (Lipinski definition) is 2. The summed E-state index contributed by atoms with van der Waals surface area (Å²) in [5.41, 5.74) is 0.965. The molecule has 1 aromatic heterocycles. The lowest BCUT2D eigenvalue weighted by Gasteiger charge is -2.22. The minimum absolute atomic E-state index is 0.105. The van der Waals surface area contributed by atoms with Crippen LogP contribution in [0.25, 0.3) is 0 Å². The first-order valence-corrected chi connectivity index (χ1v) is 7.77. The molecule has 1 aromatic carbocycles. The number of rotatable bonds is 5. The summed E-state index contributed by atoms with van der Waals surface area (Å²) in [5.74, 6) is 1.03. The van der Waals surface area contributed by atoms with E-state index in [1.165, 1.54) is 12.8 Å². The van der Waals surface area contributed by atoms with Gasteiger partial charge >= 0.3 is 0 Å². The number of aryl methyl sites for hydroxylation is 1. The van der Waals surface area contributed by atoms with Crippen molar-refractivity contribution in [2.45, 2.75) is 44.7 Å². The summed E-state index contributed by atoms with van der Waals surface area (Å²) in [4.78, 5) is 12.7. The second-order valence-electron chi connectivity index (χ2n) is 5.80. The molecule has 0 bridgehead atoms. The van der Waals surface area contributed by atoms with Crippen molar-refractivity contribution in [2.75, 3.05) is 5.32 Å². The van der Waals surface area contributed by atoms with Gasteiger partial charge in [0.1, 0.15) is 11.8 Å². The molecule has 1 aliphatic carbocycles. The van der Waals surface area contributed by atoms with Crippen LogP contribution in [-0.2, 0) is 4.79 Å². The smallest absolute Gasteiger partial charge is 0.247 e. The van der Waals surface area contributed by atoms with Gasteiger partial charge in [-0.3, -0.25) is 10.1 Å². The molecule has 1 fully saturated rings. The summed E-state index contributed by atoms with van der Waals surface area (Å²) in [6.07, 6.45) is 4.70. The van der Waals surface area contributed by atoms with Crippen LogP contribution in [0.4, 0.5) is 5.82 Å². The topological polar surface area (TPSA) is 67.2 Å². The fraction of sp³-hybridized carbons (Fsp3) is 0.412. The average molecular weight is 299 g/mol. The Bertz CT molecular complexity index is 618. The largest absolute Gasteiger partial charge is 0.360 e. The highest BCUT2D eigenvalue weighted by Crippen LogP contribution is 2.23. The van der Waals surface area contributed by atoms with E-state index in [4.69, 9.17) is 4.52 Å². The molecule has 2 aromatic rings. The van der Waals surface area contributed by atoms with Crippen LogP contribution in [0.5, 0.6) is 0 Å². The molecule has 0 saturated heterocycles. The SMILES string of the molecule is Cc1cc(NC(=O)[C@H](NC2CCCC2)c2ccccc2)no1. The molecule has 5 heteroatoms. The van der Waals surface area contributed by atoms with E-state index >= 15 is 0 Å². The lowest BCUT2D eigenvalue weighted by molar-refractivity contribution is -0.118. The monoisotopic (exact) mass is 299 g/mol. The quantitative estimate of drug-likeness (QED) is 0.889. The maximum atomic E-state index is 12.7. The predicted octanol–water partition coefficient (Wildman–Crippen LogP) is 3.20. The molecule has 0 spiro atoms. The molecule has 1 amide bonds. The third-order valence-electron chi connectivity index (χ3n) is 4.03. The number of aromatic nitrogens is 1. The van der Waals surface area contributed by atoms with Crippen LogP contribution in [0, 0.1) is 6.92 Å². The summed E-state index contributed by atoms with van der Waals surface area (Å²) in [6.45, 7) is 1.80. The van der Waals surface area contributed by atoms with Crippen LogP contribution >= 0.6 is 0 Å². The minimum atomic E-state index is -0.374. The number of nitrogens with zero attached hydrogens (tertiary/aromatic N) is 1. The molecule has 5 nitrogen and oxygen atoms in total. The molecule has 1 saturated carbocycles. The van der Waals surface area contributed by atoms with Gasteiger partial charge in [-0.15, -0.1) is 0 Å². The summed E-state index contributed by atoms with van der Waals surface area (Å²) < 4.78 is 5.00. The Hall–Kier alpha value is -2.14. The van der Waals surface area contributed by atoms with Crippen molar-refractivity contribution < 1.29 is 9.32 Å². The van der Waals surface area contributed by atoms with Gasteiger partial charge in [0.05, 0.1) is 0 Å². The Labute approximate surface area is 130 Å². The predicted molar refractivity (Wildman–Crippen MR) is 84.4 cm³/mol. The molecule has 1 heterocycles. The number of carbonyl (C=O) groups is 1. The Kier molecular flexibility index (Phi) is 4.53. The molecule has 0 aliphatic heterocycles. The average Bonchev–Trinajstić information content (AvgIpc) is 3.17. The Balaban J connectivity index is 1.76. The third-order valence-corrected chi connectivity index (χ3v) is 4.03.